The van der Waals surface area contributed by atoms with Crippen molar-refractivity contribution in [2.24, 2.45) is 5.41 Å². The zero-order valence-corrected chi connectivity index (χ0v) is 11.2. The molecule has 5 heteroatoms. The van der Waals surface area contributed by atoms with Crippen LogP contribution in [0.2, 0.25) is 0 Å². The summed E-state index contributed by atoms with van der Waals surface area (Å²) in [6, 6.07) is 1.86. The third kappa shape index (κ3) is 3.20. The Labute approximate surface area is 100 Å². The summed E-state index contributed by atoms with van der Waals surface area (Å²) in [5.74, 6) is 0.733. The molecule has 0 unspecified atom stereocenters. The zero-order chi connectivity index (χ0) is 12.3. The molecule has 0 spiro atoms. The van der Waals surface area contributed by atoms with Crippen LogP contribution in [0.4, 0.5) is 0 Å². The molecule has 0 aromatic carbocycles. The molecule has 16 heavy (non-hydrogen) atoms. The molecule has 0 saturated carbocycles. The van der Waals surface area contributed by atoms with E-state index in [1.165, 1.54) is 11.5 Å². The van der Waals surface area contributed by atoms with Crippen molar-refractivity contribution in [2.75, 3.05) is 14.2 Å². The van der Waals surface area contributed by atoms with Crippen LogP contribution in [0.15, 0.2) is 6.07 Å². The highest BCUT2D eigenvalue weighted by Gasteiger charge is 2.25. The van der Waals surface area contributed by atoms with Crippen LogP contribution in [0.25, 0.3) is 0 Å². The van der Waals surface area contributed by atoms with Gasteiger partial charge in [-0.1, -0.05) is 20.8 Å². The third-order valence-corrected chi connectivity index (χ3v) is 2.88. The van der Waals surface area contributed by atoms with Gasteiger partial charge >= 0.3 is 0 Å². The molecule has 0 aliphatic carbocycles. The number of hydrogen-bond donors (Lipinski definition) is 0. The maximum Gasteiger partial charge on any atom is 0.228 e. The number of hydrogen-bond acceptors (Lipinski definition) is 4. The fourth-order valence-electron chi connectivity index (χ4n) is 1.34. The first kappa shape index (κ1) is 13.0. The van der Waals surface area contributed by atoms with Gasteiger partial charge in [0.2, 0.25) is 11.8 Å². The van der Waals surface area contributed by atoms with Crippen LogP contribution in [-0.4, -0.2) is 29.3 Å². The Hall–Kier alpha value is -1.10. The summed E-state index contributed by atoms with van der Waals surface area (Å²) in [5, 5.41) is 0. The van der Waals surface area contributed by atoms with Gasteiger partial charge in [0, 0.05) is 23.4 Å². The van der Waals surface area contributed by atoms with Crippen molar-refractivity contribution in [3.63, 3.8) is 0 Å². The Balaban J connectivity index is 2.64. The topological polar surface area (TPSA) is 42.4 Å². The highest BCUT2D eigenvalue weighted by molar-refractivity contribution is 7.05. The summed E-state index contributed by atoms with van der Waals surface area (Å²) < 4.78 is 9.09. The average Bonchev–Trinajstić information content (AvgIpc) is 2.63. The smallest absolute Gasteiger partial charge is 0.228 e. The van der Waals surface area contributed by atoms with Crippen LogP contribution >= 0.6 is 11.5 Å². The number of ether oxygens (including phenoxy) is 1. The van der Waals surface area contributed by atoms with Gasteiger partial charge in [0.25, 0.3) is 0 Å². The summed E-state index contributed by atoms with van der Waals surface area (Å²) in [5.41, 5.74) is -0.344. The minimum absolute atomic E-state index is 0.125. The molecule has 1 amide bonds. The molecule has 1 heterocycles. The number of nitrogens with zero attached hydrogens (tertiary/aromatic N) is 2. The van der Waals surface area contributed by atoms with Gasteiger partial charge in [-0.05, 0) is 11.5 Å². The monoisotopic (exact) mass is 242 g/mol. The van der Waals surface area contributed by atoms with Crippen molar-refractivity contribution in [1.82, 2.24) is 9.27 Å². The zero-order valence-electron chi connectivity index (χ0n) is 10.4. The van der Waals surface area contributed by atoms with Gasteiger partial charge in [-0.3, -0.25) is 4.79 Å². The van der Waals surface area contributed by atoms with Crippen LogP contribution < -0.4 is 4.74 Å². The van der Waals surface area contributed by atoms with Gasteiger partial charge in [0.05, 0.1) is 13.7 Å². The van der Waals surface area contributed by atoms with Crippen LogP contribution in [0.5, 0.6) is 5.88 Å². The highest BCUT2D eigenvalue weighted by Crippen LogP contribution is 2.21. The van der Waals surface area contributed by atoms with Gasteiger partial charge < -0.3 is 9.64 Å². The second-order valence-electron chi connectivity index (χ2n) is 4.75. The second kappa shape index (κ2) is 4.82. The highest BCUT2D eigenvalue weighted by atomic mass is 32.1. The number of rotatable bonds is 3. The molecule has 1 rings (SSSR count). The molecular weight excluding hydrogens is 224 g/mol. The van der Waals surface area contributed by atoms with E-state index in [0.29, 0.717) is 12.4 Å². The second-order valence-corrected chi connectivity index (χ2v) is 5.64. The van der Waals surface area contributed by atoms with E-state index in [1.807, 2.05) is 26.8 Å². The standard InChI is InChI=1S/C11H18N2O2S/c1-11(2,3)10(14)13(4)7-8-6-9(15-5)12-16-8/h6H,7H2,1-5H3. The predicted molar refractivity (Wildman–Crippen MR) is 64.6 cm³/mol. The van der Waals surface area contributed by atoms with Gasteiger partial charge in [-0.15, -0.1) is 0 Å². The Bertz CT molecular complexity index is 368. The Morgan fingerprint density at radius 1 is 1.56 bits per heavy atom. The van der Waals surface area contributed by atoms with E-state index in [2.05, 4.69) is 4.37 Å². The average molecular weight is 242 g/mol. The summed E-state index contributed by atoms with van der Waals surface area (Å²) in [6.07, 6.45) is 0. The molecule has 0 atom stereocenters. The first-order valence-corrected chi connectivity index (χ1v) is 5.87. The van der Waals surface area contributed by atoms with Crippen molar-refractivity contribution in [2.45, 2.75) is 27.3 Å². The number of carbonyl (C=O) groups is 1. The van der Waals surface area contributed by atoms with E-state index in [-0.39, 0.29) is 11.3 Å². The Kier molecular flexibility index (Phi) is 3.91. The van der Waals surface area contributed by atoms with E-state index in [1.54, 1.807) is 19.1 Å². The van der Waals surface area contributed by atoms with Crippen LogP contribution in [0.3, 0.4) is 0 Å². The van der Waals surface area contributed by atoms with Crippen LogP contribution in [0, 0.1) is 5.41 Å². The van der Waals surface area contributed by atoms with Crippen molar-refractivity contribution in [3.05, 3.63) is 10.9 Å². The van der Waals surface area contributed by atoms with Crippen molar-refractivity contribution < 1.29 is 9.53 Å². The van der Waals surface area contributed by atoms with E-state index in [4.69, 9.17) is 4.74 Å². The maximum absolute atomic E-state index is 11.9. The minimum atomic E-state index is -0.344. The van der Waals surface area contributed by atoms with E-state index >= 15 is 0 Å². The van der Waals surface area contributed by atoms with E-state index in [9.17, 15) is 4.79 Å². The molecular formula is C11H18N2O2S. The first-order chi connectivity index (χ1) is 7.34. The Morgan fingerprint density at radius 3 is 2.62 bits per heavy atom. The number of methoxy groups -OCH3 is 1. The van der Waals surface area contributed by atoms with Crippen molar-refractivity contribution in [3.8, 4) is 5.88 Å². The molecule has 0 N–H and O–H groups in total. The van der Waals surface area contributed by atoms with Gasteiger partial charge in [0.1, 0.15) is 0 Å². The molecule has 1 aromatic heterocycles. The molecule has 4 nitrogen and oxygen atoms in total. The lowest BCUT2D eigenvalue weighted by Crippen LogP contribution is -2.35. The van der Waals surface area contributed by atoms with Gasteiger partial charge in [-0.2, -0.15) is 4.37 Å². The summed E-state index contributed by atoms with van der Waals surface area (Å²) in [7, 11) is 3.39. The number of aromatic nitrogens is 1. The van der Waals surface area contributed by atoms with Crippen LogP contribution in [-0.2, 0) is 11.3 Å². The quantitative estimate of drug-likeness (QED) is 0.815. The lowest BCUT2D eigenvalue weighted by atomic mass is 9.95. The third-order valence-electron chi connectivity index (χ3n) is 2.13. The Morgan fingerprint density at radius 2 is 2.19 bits per heavy atom. The lowest BCUT2D eigenvalue weighted by molar-refractivity contribution is -0.138. The fraction of sp³-hybridized carbons (Fsp3) is 0.636. The summed E-state index contributed by atoms with van der Waals surface area (Å²) in [6.45, 7) is 6.33. The molecule has 0 radical (unpaired) electrons. The van der Waals surface area contributed by atoms with Crippen molar-refractivity contribution >= 4 is 17.4 Å². The molecule has 90 valence electrons. The molecule has 1 aromatic rings. The van der Waals surface area contributed by atoms with Crippen LogP contribution in [0.1, 0.15) is 25.6 Å². The number of amides is 1. The molecule has 0 aliphatic heterocycles. The normalized spacial score (nSPS) is 11.3. The van der Waals surface area contributed by atoms with Crippen molar-refractivity contribution in [1.29, 1.82) is 0 Å². The summed E-state index contributed by atoms with van der Waals surface area (Å²) >= 11 is 1.36. The maximum atomic E-state index is 11.9. The summed E-state index contributed by atoms with van der Waals surface area (Å²) in [4.78, 5) is 14.7. The van der Waals surface area contributed by atoms with Gasteiger partial charge in [0.15, 0.2) is 0 Å². The number of carbonyl (C=O) groups excluding carboxylic acids is 1. The molecule has 0 saturated heterocycles. The van der Waals surface area contributed by atoms with Gasteiger partial charge in [-0.25, -0.2) is 0 Å². The molecule has 0 aliphatic rings. The molecule has 0 bridgehead atoms. The van der Waals surface area contributed by atoms with E-state index < -0.39 is 0 Å². The molecule has 0 fully saturated rings. The van der Waals surface area contributed by atoms with E-state index in [0.717, 1.165) is 4.88 Å². The lowest BCUT2D eigenvalue weighted by Gasteiger charge is -2.25. The largest absolute Gasteiger partial charge is 0.480 e. The fourth-order valence-corrected chi connectivity index (χ4v) is 2.08. The predicted octanol–water partition coefficient (Wildman–Crippen LogP) is 2.16. The SMILES string of the molecule is COc1cc(CN(C)C(=O)C(C)(C)C)sn1. The minimum Gasteiger partial charge on any atom is -0.480 e. The first-order valence-electron chi connectivity index (χ1n) is 5.09.